The van der Waals surface area contributed by atoms with Crippen LogP contribution in [-0.4, -0.2) is 38.2 Å². The van der Waals surface area contributed by atoms with E-state index in [-0.39, 0.29) is 5.69 Å². The van der Waals surface area contributed by atoms with Crippen LogP contribution in [0, 0.1) is 0 Å². The summed E-state index contributed by atoms with van der Waals surface area (Å²) >= 11 is 0. The van der Waals surface area contributed by atoms with E-state index in [1.54, 1.807) is 35.6 Å². The van der Waals surface area contributed by atoms with Crippen molar-refractivity contribution in [1.82, 2.24) is 25.5 Å². The van der Waals surface area contributed by atoms with Gasteiger partial charge in [-0.15, -0.1) is 0 Å². The number of H-pyrrole nitrogens is 1. The molecule has 0 spiro atoms. The van der Waals surface area contributed by atoms with E-state index in [4.69, 9.17) is 9.94 Å². The summed E-state index contributed by atoms with van der Waals surface area (Å²) in [5, 5.41) is 21.5. The van der Waals surface area contributed by atoms with Gasteiger partial charge in [0.15, 0.2) is 0 Å². The lowest BCUT2D eigenvalue weighted by Crippen LogP contribution is -2.19. The Bertz CT molecular complexity index is 1050. The minimum Gasteiger partial charge on any atom is -0.497 e. The summed E-state index contributed by atoms with van der Waals surface area (Å²) in [6, 6.07) is 10.9. The summed E-state index contributed by atoms with van der Waals surface area (Å²) in [6.07, 6.45) is 1.65. The van der Waals surface area contributed by atoms with Gasteiger partial charge < -0.3 is 4.74 Å². The number of hydrogen-bond donors (Lipinski definition) is 3. The SMILES string of the molecule is COc1ccc(-n2[nH]c(C(=O)NO)c3ccc4nncc4c32)cc1. The highest BCUT2D eigenvalue weighted by Gasteiger charge is 2.19. The molecule has 1 amide bonds. The number of ether oxygens (including phenoxy) is 1. The van der Waals surface area contributed by atoms with Crippen molar-refractivity contribution in [1.29, 1.82) is 0 Å². The number of aromatic nitrogens is 4. The zero-order chi connectivity index (χ0) is 16.7. The van der Waals surface area contributed by atoms with Gasteiger partial charge in [-0.3, -0.25) is 19.8 Å². The molecule has 24 heavy (non-hydrogen) atoms. The molecule has 0 aliphatic heterocycles. The Balaban J connectivity index is 2.05. The number of methoxy groups -OCH3 is 1. The van der Waals surface area contributed by atoms with E-state index in [9.17, 15) is 4.79 Å². The monoisotopic (exact) mass is 323 g/mol. The third-order valence-electron chi connectivity index (χ3n) is 3.92. The van der Waals surface area contributed by atoms with Gasteiger partial charge in [0.05, 0.1) is 30.0 Å². The molecule has 0 aliphatic rings. The van der Waals surface area contributed by atoms with Crippen molar-refractivity contribution >= 4 is 27.7 Å². The van der Waals surface area contributed by atoms with Gasteiger partial charge in [0.25, 0.3) is 5.91 Å². The zero-order valence-corrected chi connectivity index (χ0v) is 12.6. The molecule has 0 saturated heterocycles. The van der Waals surface area contributed by atoms with Crippen LogP contribution in [0.2, 0.25) is 0 Å². The second kappa shape index (κ2) is 5.36. The van der Waals surface area contributed by atoms with Gasteiger partial charge in [-0.2, -0.15) is 10.2 Å². The number of rotatable bonds is 3. The number of amides is 1. The first kappa shape index (κ1) is 14.2. The smallest absolute Gasteiger partial charge is 0.293 e. The van der Waals surface area contributed by atoms with E-state index >= 15 is 0 Å². The van der Waals surface area contributed by atoms with E-state index in [2.05, 4.69) is 15.3 Å². The Morgan fingerprint density at radius 1 is 1.21 bits per heavy atom. The fraction of sp³-hybridized carbons (Fsp3) is 0.0625. The summed E-state index contributed by atoms with van der Waals surface area (Å²) in [7, 11) is 1.60. The quantitative estimate of drug-likeness (QED) is 0.395. The summed E-state index contributed by atoms with van der Waals surface area (Å²) in [5.41, 5.74) is 4.18. The maximum absolute atomic E-state index is 12.0. The van der Waals surface area contributed by atoms with Crippen LogP contribution in [0.5, 0.6) is 5.75 Å². The number of hydrogen-bond acceptors (Lipinski definition) is 5. The number of carbonyl (C=O) groups is 1. The van der Waals surface area contributed by atoms with E-state index in [0.717, 1.165) is 27.9 Å². The number of nitrogens with one attached hydrogen (secondary N) is 2. The molecule has 0 saturated carbocycles. The van der Waals surface area contributed by atoms with E-state index in [1.165, 1.54) is 0 Å². The van der Waals surface area contributed by atoms with Crippen molar-refractivity contribution in [2.75, 3.05) is 7.11 Å². The van der Waals surface area contributed by atoms with Crippen molar-refractivity contribution < 1.29 is 14.7 Å². The van der Waals surface area contributed by atoms with Gasteiger partial charge in [-0.25, -0.2) is 5.48 Å². The number of aromatic amines is 1. The van der Waals surface area contributed by atoms with E-state index in [1.807, 2.05) is 24.3 Å². The minimum atomic E-state index is -0.626. The molecule has 0 aliphatic carbocycles. The Kier molecular flexibility index (Phi) is 3.17. The average molecular weight is 323 g/mol. The van der Waals surface area contributed by atoms with Crippen LogP contribution in [0.25, 0.3) is 27.5 Å². The molecule has 2 aromatic heterocycles. The number of benzene rings is 2. The Hall–Kier alpha value is -3.39. The number of fused-ring (bicyclic) bond motifs is 3. The molecule has 2 heterocycles. The fourth-order valence-corrected chi connectivity index (χ4v) is 2.79. The second-order valence-corrected chi connectivity index (χ2v) is 5.20. The van der Waals surface area contributed by atoms with Crippen LogP contribution in [0.3, 0.4) is 0 Å². The molecule has 4 rings (SSSR count). The van der Waals surface area contributed by atoms with Crippen LogP contribution in [-0.2, 0) is 0 Å². The first-order chi connectivity index (χ1) is 11.7. The average Bonchev–Trinajstić information content (AvgIpc) is 3.25. The summed E-state index contributed by atoms with van der Waals surface area (Å²) in [5.74, 6) is 0.101. The summed E-state index contributed by atoms with van der Waals surface area (Å²) in [4.78, 5) is 12.0. The lowest BCUT2D eigenvalue weighted by molar-refractivity contribution is 0.0702. The summed E-state index contributed by atoms with van der Waals surface area (Å²) < 4.78 is 6.93. The van der Waals surface area contributed by atoms with E-state index < -0.39 is 5.91 Å². The highest BCUT2D eigenvalue weighted by atomic mass is 16.5. The maximum Gasteiger partial charge on any atom is 0.293 e. The van der Waals surface area contributed by atoms with Gasteiger partial charge in [-0.05, 0) is 36.4 Å². The number of hydroxylamine groups is 1. The third kappa shape index (κ3) is 2.01. The molecule has 3 N–H and O–H groups in total. The number of nitrogens with zero attached hydrogens (tertiary/aromatic N) is 3. The lowest BCUT2D eigenvalue weighted by Gasteiger charge is -2.07. The van der Waals surface area contributed by atoms with Crippen LogP contribution in [0.1, 0.15) is 10.5 Å². The largest absolute Gasteiger partial charge is 0.497 e. The minimum absolute atomic E-state index is 0.242. The normalized spacial score (nSPS) is 11.1. The van der Waals surface area contributed by atoms with Crippen molar-refractivity contribution in [2.24, 2.45) is 0 Å². The highest BCUT2D eigenvalue weighted by molar-refractivity contribution is 6.12. The molecule has 8 heteroatoms. The molecule has 0 fully saturated rings. The predicted octanol–water partition coefficient (Wildman–Crippen LogP) is 2.03. The molecule has 0 bridgehead atoms. The lowest BCUT2D eigenvalue weighted by atomic mass is 10.1. The van der Waals surface area contributed by atoms with Crippen molar-refractivity contribution in [3.05, 3.63) is 48.3 Å². The maximum atomic E-state index is 12.0. The van der Waals surface area contributed by atoms with Gasteiger partial charge >= 0.3 is 0 Å². The van der Waals surface area contributed by atoms with E-state index in [0.29, 0.717) is 5.39 Å². The van der Waals surface area contributed by atoms with Gasteiger partial charge in [0.2, 0.25) is 0 Å². The standard InChI is InChI=1S/C16H13N5O3/c1-24-10-4-2-9(3-5-10)21-15-11(14(19-21)16(22)20-23)6-7-13-12(15)8-17-18-13/h2-8,19,23H,1H3,(H,20,22). The second-order valence-electron chi connectivity index (χ2n) is 5.20. The molecular formula is C16H13N5O3. The van der Waals surface area contributed by atoms with Crippen LogP contribution in [0.15, 0.2) is 42.6 Å². The molecule has 2 aromatic carbocycles. The first-order valence-corrected chi connectivity index (χ1v) is 7.16. The Morgan fingerprint density at radius 2 is 2.00 bits per heavy atom. The molecule has 8 nitrogen and oxygen atoms in total. The molecule has 120 valence electrons. The molecular weight excluding hydrogens is 310 g/mol. The molecule has 0 atom stereocenters. The molecule has 0 unspecified atom stereocenters. The van der Waals surface area contributed by atoms with Crippen LogP contribution in [0.4, 0.5) is 0 Å². The van der Waals surface area contributed by atoms with Crippen molar-refractivity contribution in [3.8, 4) is 11.4 Å². The van der Waals surface area contributed by atoms with Crippen LogP contribution >= 0.6 is 0 Å². The van der Waals surface area contributed by atoms with Crippen molar-refractivity contribution in [3.63, 3.8) is 0 Å². The zero-order valence-electron chi connectivity index (χ0n) is 12.6. The van der Waals surface area contributed by atoms with Gasteiger partial charge in [0, 0.05) is 10.8 Å². The van der Waals surface area contributed by atoms with Crippen molar-refractivity contribution in [2.45, 2.75) is 0 Å². The fourth-order valence-electron chi connectivity index (χ4n) is 2.79. The topological polar surface area (TPSA) is 105 Å². The van der Waals surface area contributed by atoms with Crippen LogP contribution < -0.4 is 10.2 Å². The Labute approximate surface area is 135 Å². The molecule has 4 aromatic rings. The molecule has 0 radical (unpaired) electrons. The predicted molar refractivity (Wildman–Crippen MR) is 86.5 cm³/mol. The third-order valence-corrected chi connectivity index (χ3v) is 3.92. The Morgan fingerprint density at radius 3 is 2.71 bits per heavy atom. The first-order valence-electron chi connectivity index (χ1n) is 7.16. The number of carbonyl (C=O) groups excluding carboxylic acids is 1. The van der Waals surface area contributed by atoms with Gasteiger partial charge in [0.1, 0.15) is 11.4 Å². The highest BCUT2D eigenvalue weighted by Crippen LogP contribution is 2.29. The summed E-state index contributed by atoms with van der Waals surface area (Å²) in [6.45, 7) is 0. The van der Waals surface area contributed by atoms with Gasteiger partial charge in [-0.1, -0.05) is 0 Å².